The van der Waals surface area contributed by atoms with Crippen LogP contribution >= 0.6 is 0 Å². The highest BCUT2D eigenvalue weighted by atomic mass is 16.3. The van der Waals surface area contributed by atoms with Crippen molar-refractivity contribution in [1.82, 2.24) is 0 Å². The van der Waals surface area contributed by atoms with E-state index in [4.69, 9.17) is 0 Å². The molecule has 0 saturated carbocycles. The zero-order chi connectivity index (χ0) is 10.6. The first-order valence-corrected chi connectivity index (χ1v) is 4.78. The van der Waals surface area contributed by atoms with Crippen molar-refractivity contribution < 1.29 is 9.90 Å². The minimum atomic E-state index is 0.0677. The number of carbonyl (C=O) groups excluding carboxylic acids is 1. The maximum atomic E-state index is 11.5. The van der Waals surface area contributed by atoms with Gasteiger partial charge in [-0.15, -0.1) is 0 Å². The molecular formula is C11H15NO2. The summed E-state index contributed by atoms with van der Waals surface area (Å²) >= 11 is 0. The molecule has 0 radical (unpaired) electrons. The summed E-state index contributed by atoms with van der Waals surface area (Å²) in [6.07, 6.45) is 0.476. The maximum absolute atomic E-state index is 11.5. The molecule has 0 saturated heterocycles. The van der Waals surface area contributed by atoms with Crippen molar-refractivity contribution in [3.05, 3.63) is 24.3 Å². The molecular weight excluding hydrogens is 178 g/mol. The first-order chi connectivity index (χ1) is 6.69. The fourth-order valence-electron chi connectivity index (χ4n) is 1.35. The normalized spacial score (nSPS) is 9.86. The lowest BCUT2D eigenvalue weighted by Gasteiger charge is -2.20. The van der Waals surface area contributed by atoms with Crippen LogP contribution in [0, 0.1) is 0 Å². The molecule has 0 bridgehead atoms. The van der Waals surface area contributed by atoms with E-state index in [9.17, 15) is 9.90 Å². The second-order valence-electron chi connectivity index (χ2n) is 3.01. The standard InChI is InChI=1S/C11H15NO2/c1-3-11(14)12(4-2)9-6-5-7-10(13)8-9/h5-8,13H,3-4H2,1-2H3. The lowest BCUT2D eigenvalue weighted by Crippen LogP contribution is -2.29. The number of amides is 1. The second kappa shape index (κ2) is 4.65. The molecule has 1 amide bonds. The highest BCUT2D eigenvalue weighted by Crippen LogP contribution is 2.20. The quantitative estimate of drug-likeness (QED) is 0.799. The van der Waals surface area contributed by atoms with Gasteiger partial charge in [-0.1, -0.05) is 13.0 Å². The van der Waals surface area contributed by atoms with Crippen molar-refractivity contribution in [3.8, 4) is 5.75 Å². The average Bonchev–Trinajstić information content (AvgIpc) is 2.19. The predicted octanol–water partition coefficient (Wildman–Crippen LogP) is 2.16. The van der Waals surface area contributed by atoms with E-state index in [1.54, 1.807) is 23.1 Å². The van der Waals surface area contributed by atoms with Crippen molar-refractivity contribution >= 4 is 11.6 Å². The van der Waals surface area contributed by atoms with Crippen LogP contribution in [0.4, 0.5) is 5.69 Å². The van der Waals surface area contributed by atoms with E-state index in [2.05, 4.69) is 0 Å². The van der Waals surface area contributed by atoms with E-state index in [0.29, 0.717) is 13.0 Å². The fraction of sp³-hybridized carbons (Fsp3) is 0.364. The number of carbonyl (C=O) groups is 1. The third kappa shape index (κ3) is 2.25. The average molecular weight is 193 g/mol. The molecule has 1 N–H and O–H groups in total. The van der Waals surface area contributed by atoms with E-state index >= 15 is 0 Å². The number of phenols is 1. The molecule has 3 heteroatoms. The van der Waals surface area contributed by atoms with Crippen LogP contribution in [0.2, 0.25) is 0 Å². The van der Waals surface area contributed by atoms with Gasteiger partial charge in [-0.05, 0) is 19.1 Å². The third-order valence-electron chi connectivity index (χ3n) is 2.06. The van der Waals surface area contributed by atoms with Gasteiger partial charge in [0.05, 0.1) is 0 Å². The molecule has 14 heavy (non-hydrogen) atoms. The number of nitrogens with zero attached hydrogens (tertiary/aromatic N) is 1. The lowest BCUT2D eigenvalue weighted by atomic mass is 10.2. The number of hydrogen-bond donors (Lipinski definition) is 1. The summed E-state index contributed by atoms with van der Waals surface area (Å²) in [6.45, 7) is 4.36. The SMILES string of the molecule is CCC(=O)N(CC)c1cccc(O)c1. The topological polar surface area (TPSA) is 40.5 Å². The van der Waals surface area contributed by atoms with Gasteiger partial charge in [0.15, 0.2) is 0 Å². The molecule has 0 aliphatic rings. The van der Waals surface area contributed by atoms with E-state index in [1.165, 1.54) is 0 Å². The molecule has 0 fully saturated rings. The Hall–Kier alpha value is -1.51. The number of phenolic OH excluding ortho intramolecular Hbond substituents is 1. The zero-order valence-electron chi connectivity index (χ0n) is 8.53. The van der Waals surface area contributed by atoms with Crippen LogP contribution in [0.5, 0.6) is 5.75 Å². The van der Waals surface area contributed by atoms with Gasteiger partial charge in [-0.2, -0.15) is 0 Å². The van der Waals surface area contributed by atoms with E-state index in [1.807, 2.05) is 19.9 Å². The molecule has 76 valence electrons. The highest BCUT2D eigenvalue weighted by molar-refractivity contribution is 5.93. The summed E-state index contributed by atoms with van der Waals surface area (Å²) in [6, 6.07) is 6.73. The van der Waals surface area contributed by atoms with Crippen molar-refractivity contribution in [1.29, 1.82) is 0 Å². The van der Waals surface area contributed by atoms with E-state index in [-0.39, 0.29) is 11.7 Å². The largest absolute Gasteiger partial charge is 0.508 e. The number of hydrogen-bond acceptors (Lipinski definition) is 2. The minimum Gasteiger partial charge on any atom is -0.508 e. The summed E-state index contributed by atoms with van der Waals surface area (Å²) in [7, 11) is 0. The van der Waals surface area contributed by atoms with Gasteiger partial charge in [-0.3, -0.25) is 4.79 Å². The van der Waals surface area contributed by atoms with Crippen LogP contribution < -0.4 is 4.90 Å². The summed E-state index contributed by atoms with van der Waals surface area (Å²) in [5, 5.41) is 9.27. The van der Waals surface area contributed by atoms with E-state index in [0.717, 1.165) is 5.69 Å². The van der Waals surface area contributed by atoms with Gasteiger partial charge in [0.25, 0.3) is 0 Å². The Morgan fingerprint density at radius 1 is 1.43 bits per heavy atom. The molecule has 0 aliphatic heterocycles. The smallest absolute Gasteiger partial charge is 0.226 e. The Morgan fingerprint density at radius 2 is 2.14 bits per heavy atom. The molecule has 0 unspecified atom stereocenters. The molecule has 0 aromatic heterocycles. The molecule has 0 heterocycles. The van der Waals surface area contributed by atoms with Gasteiger partial charge in [0.2, 0.25) is 5.91 Å². The number of rotatable bonds is 3. The van der Waals surface area contributed by atoms with Crippen molar-refractivity contribution in [2.75, 3.05) is 11.4 Å². The van der Waals surface area contributed by atoms with Crippen LogP contribution in [-0.4, -0.2) is 17.6 Å². The Bertz CT molecular complexity index is 323. The summed E-state index contributed by atoms with van der Waals surface area (Å²) < 4.78 is 0. The first-order valence-electron chi connectivity index (χ1n) is 4.78. The molecule has 0 spiro atoms. The summed E-state index contributed by atoms with van der Waals surface area (Å²) in [5.74, 6) is 0.253. The lowest BCUT2D eigenvalue weighted by molar-refractivity contribution is -0.118. The Balaban J connectivity index is 2.94. The molecule has 3 nitrogen and oxygen atoms in total. The van der Waals surface area contributed by atoms with Crippen molar-refractivity contribution in [3.63, 3.8) is 0 Å². The number of anilines is 1. The Labute approximate surface area is 84.0 Å². The Kier molecular flexibility index (Phi) is 3.51. The fourth-order valence-corrected chi connectivity index (χ4v) is 1.35. The molecule has 1 aromatic rings. The highest BCUT2D eigenvalue weighted by Gasteiger charge is 2.11. The number of benzene rings is 1. The van der Waals surface area contributed by atoms with Crippen LogP contribution in [0.25, 0.3) is 0 Å². The van der Waals surface area contributed by atoms with Gasteiger partial charge < -0.3 is 10.0 Å². The van der Waals surface area contributed by atoms with Crippen LogP contribution in [0.3, 0.4) is 0 Å². The van der Waals surface area contributed by atoms with Crippen LogP contribution in [0.1, 0.15) is 20.3 Å². The first kappa shape index (κ1) is 10.6. The minimum absolute atomic E-state index is 0.0677. The van der Waals surface area contributed by atoms with Gasteiger partial charge in [-0.25, -0.2) is 0 Å². The summed E-state index contributed by atoms with van der Waals surface area (Å²) in [5.41, 5.74) is 0.749. The van der Waals surface area contributed by atoms with Gasteiger partial charge >= 0.3 is 0 Å². The van der Waals surface area contributed by atoms with Crippen molar-refractivity contribution in [2.45, 2.75) is 20.3 Å². The monoisotopic (exact) mass is 193 g/mol. The van der Waals surface area contributed by atoms with Crippen molar-refractivity contribution in [2.24, 2.45) is 0 Å². The summed E-state index contributed by atoms with van der Waals surface area (Å²) in [4.78, 5) is 13.2. The van der Waals surface area contributed by atoms with Gasteiger partial charge in [0.1, 0.15) is 5.75 Å². The molecule has 1 aromatic carbocycles. The van der Waals surface area contributed by atoms with Gasteiger partial charge in [0, 0.05) is 24.7 Å². The zero-order valence-corrected chi connectivity index (χ0v) is 8.53. The maximum Gasteiger partial charge on any atom is 0.226 e. The Morgan fingerprint density at radius 3 is 2.64 bits per heavy atom. The van der Waals surface area contributed by atoms with Crippen LogP contribution in [0.15, 0.2) is 24.3 Å². The molecule has 1 rings (SSSR count). The van der Waals surface area contributed by atoms with Crippen LogP contribution in [-0.2, 0) is 4.79 Å². The predicted molar refractivity (Wildman–Crippen MR) is 56.4 cm³/mol. The second-order valence-corrected chi connectivity index (χ2v) is 3.01. The number of aromatic hydroxyl groups is 1. The molecule has 0 atom stereocenters. The van der Waals surface area contributed by atoms with E-state index < -0.39 is 0 Å². The molecule has 0 aliphatic carbocycles. The third-order valence-corrected chi connectivity index (χ3v) is 2.06.